The average molecular weight is 329 g/mol. The molecule has 3 rings (SSSR count). The predicted molar refractivity (Wildman–Crippen MR) is 91.0 cm³/mol. The summed E-state index contributed by atoms with van der Waals surface area (Å²) in [6, 6.07) is 3.59. The van der Waals surface area contributed by atoms with Gasteiger partial charge in [0.25, 0.3) is 5.91 Å². The maximum absolute atomic E-state index is 12.7. The molecule has 0 aliphatic carbocycles. The van der Waals surface area contributed by atoms with Gasteiger partial charge in [0.1, 0.15) is 12.1 Å². The van der Waals surface area contributed by atoms with Crippen molar-refractivity contribution in [3.63, 3.8) is 0 Å². The number of amides is 1. The van der Waals surface area contributed by atoms with Gasteiger partial charge in [-0.2, -0.15) is 0 Å². The number of carbonyl (C=O) groups is 1. The predicted octanol–water partition coefficient (Wildman–Crippen LogP) is 1.93. The third kappa shape index (κ3) is 3.73. The summed E-state index contributed by atoms with van der Waals surface area (Å²) in [5, 5.41) is 6.46. The highest BCUT2D eigenvalue weighted by atomic mass is 16.5. The molecule has 0 bridgehead atoms. The largest absolute Gasteiger partial charge is 0.379 e. The van der Waals surface area contributed by atoms with E-state index in [-0.39, 0.29) is 23.9 Å². The number of carbonyl (C=O) groups excluding carboxylic acids is 1. The van der Waals surface area contributed by atoms with Crippen LogP contribution in [0.1, 0.15) is 42.2 Å². The molecule has 3 heterocycles. The molecule has 3 N–H and O–H groups in total. The molecule has 2 aromatic rings. The minimum Gasteiger partial charge on any atom is -0.379 e. The van der Waals surface area contributed by atoms with E-state index in [1.54, 1.807) is 12.3 Å². The molecular weight excluding hydrogens is 306 g/mol. The topological polar surface area (TPSA) is 91.9 Å². The van der Waals surface area contributed by atoms with Gasteiger partial charge in [0, 0.05) is 24.7 Å². The number of hydrogen-bond acceptors (Lipinski definition) is 5. The summed E-state index contributed by atoms with van der Waals surface area (Å²) in [4.78, 5) is 23.9. The molecule has 0 saturated carbocycles. The van der Waals surface area contributed by atoms with Crippen molar-refractivity contribution in [2.45, 2.75) is 38.3 Å². The molecule has 0 spiro atoms. The normalized spacial score (nSPS) is 20.8. The van der Waals surface area contributed by atoms with Gasteiger partial charge in [-0.1, -0.05) is 13.8 Å². The minimum absolute atomic E-state index is 0.0175. The summed E-state index contributed by atoms with van der Waals surface area (Å²) in [6.45, 7) is 5.29. The van der Waals surface area contributed by atoms with Crippen LogP contribution < -0.4 is 10.6 Å². The molecule has 2 aromatic heterocycles. The summed E-state index contributed by atoms with van der Waals surface area (Å²) in [7, 11) is 0. The van der Waals surface area contributed by atoms with Crippen molar-refractivity contribution < 1.29 is 9.53 Å². The molecule has 1 amide bonds. The lowest BCUT2D eigenvalue weighted by Gasteiger charge is -2.33. The van der Waals surface area contributed by atoms with Gasteiger partial charge in [-0.25, -0.2) is 9.97 Å². The highest BCUT2D eigenvalue weighted by molar-refractivity contribution is 5.95. The molecule has 7 heteroatoms. The fourth-order valence-corrected chi connectivity index (χ4v) is 2.92. The summed E-state index contributed by atoms with van der Waals surface area (Å²) in [5.74, 6) is 0.941. The monoisotopic (exact) mass is 329 g/mol. The number of nitrogens with one attached hydrogen (secondary N) is 3. The van der Waals surface area contributed by atoms with Crippen molar-refractivity contribution in [2.24, 2.45) is 0 Å². The summed E-state index contributed by atoms with van der Waals surface area (Å²) in [5.41, 5.74) is 1.66. The fraction of sp³-hybridized carbons (Fsp3) is 0.471. The number of anilines is 1. The van der Waals surface area contributed by atoms with Crippen LogP contribution in [0.25, 0.3) is 0 Å². The van der Waals surface area contributed by atoms with Crippen LogP contribution in [-0.4, -0.2) is 46.2 Å². The van der Waals surface area contributed by atoms with Crippen LogP contribution in [0.5, 0.6) is 0 Å². The third-order valence-electron chi connectivity index (χ3n) is 4.19. The molecule has 1 aliphatic rings. The maximum atomic E-state index is 12.7. The van der Waals surface area contributed by atoms with Crippen molar-refractivity contribution in [1.29, 1.82) is 0 Å². The number of nitrogens with zero attached hydrogens (tertiary/aromatic N) is 2. The fourth-order valence-electron chi connectivity index (χ4n) is 2.92. The molecule has 128 valence electrons. The first-order valence-electron chi connectivity index (χ1n) is 8.23. The molecule has 0 aromatic carbocycles. The second kappa shape index (κ2) is 7.44. The number of aromatic nitrogens is 3. The van der Waals surface area contributed by atoms with Gasteiger partial charge in [-0.05, 0) is 24.5 Å². The van der Waals surface area contributed by atoms with Gasteiger partial charge in [0.05, 0.1) is 24.3 Å². The summed E-state index contributed by atoms with van der Waals surface area (Å²) < 4.78 is 5.56. The Balaban J connectivity index is 1.69. The van der Waals surface area contributed by atoms with Crippen molar-refractivity contribution in [2.75, 3.05) is 18.5 Å². The van der Waals surface area contributed by atoms with E-state index in [1.807, 2.05) is 12.3 Å². The van der Waals surface area contributed by atoms with Crippen LogP contribution >= 0.6 is 0 Å². The third-order valence-corrected chi connectivity index (χ3v) is 4.19. The quantitative estimate of drug-likeness (QED) is 0.779. The second-order valence-electron chi connectivity index (χ2n) is 6.25. The van der Waals surface area contributed by atoms with Gasteiger partial charge >= 0.3 is 0 Å². The molecule has 1 aliphatic heterocycles. The van der Waals surface area contributed by atoms with Crippen LogP contribution in [-0.2, 0) is 4.74 Å². The SMILES string of the molecule is CC(C)c1[nH]ccc1C(=O)N[C@H]1CCOC[C@H]1Nc1ccncn1. The zero-order valence-corrected chi connectivity index (χ0v) is 14.0. The number of rotatable bonds is 5. The zero-order chi connectivity index (χ0) is 16.9. The molecule has 24 heavy (non-hydrogen) atoms. The molecule has 0 radical (unpaired) electrons. The van der Waals surface area contributed by atoms with Gasteiger partial charge in [0.2, 0.25) is 0 Å². The Morgan fingerprint density at radius 3 is 3.00 bits per heavy atom. The van der Waals surface area contributed by atoms with Crippen LogP contribution in [0.2, 0.25) is 0 Å². The van der Waals surface area contributed by atoms with Crippen molar-refractivity contribution >= 4 is 11.7 Å². The van der Waals surface area contributed by atoms with E-state index in [0.717, 1.165) is 17.9 Å². The van der Waals surface area contributed by atoms with E-state index in [0.29, 0.717) is 18.8 Å². The Morgan fingerprint density at radius 1 is 1.38 bits per heavy atom. The van der Waals surface area contributed by atoms with E-state index in [9.17, 15) is 4.79 Å². The van der Waals surface area contributed by atoms with E-state index in [4.69, 9.17) is 4.74 Å². The second-order valence-corrected chi connectivity index (χ2v) is 6.25. The lowest BCUT2D eigenvalue weighted by molar-refractivity contribution is 0.0619. The Bertz CT molecular complexity index is 671. The molecule has 7 nitrogen and oxygen atoms in total. The molecule has 1 fully saturated rings. The average Bonchev–Trinajstić information content (AvgIpc) is 3.08. The van der Waals surface area contributed by atoms with Gasteiger partial charge < -0.3 is 20.4 Å². The van der Waals surface area contributed by atoms with E-state index >= 15 is 0 Å². The summed E-state index contributed by atoms with van der Waals surface area (Å²) in [6.07, 6.45) is 5.75. The maximum Gasteiger partial charge on any atom is 0.253 e. The highest BCUT2D eigenvalue weighted by Gasteiger charge is 2.28. The van der Waals surface area contributed by atoms with Crippen molar-refractivity contribution in [3.8, 4) is 0 Å². The lowest BCUT2D eigenvalue weighted by atomic mass is 10.0. The standard InChI is InChI=1S/C17H23N5O2/c1-11(2)16-12(3-7-19-16)17(23)22-13-5-8-24-9-14(13)21-15-4-6-18-10-20-15/h3-4,6-7,10-11,13-14,19H,5,8-9H2,1-2H3,(H,22,23)(H,18,20,21)/t13-,14+/m0/s1. The van der Waals surface area contributed by atoms with Crippen molar-refractivity contribution in [1.82, 2.24) is 20.3 Å². The molecule has 2 atom stereocenters. The van der Waals surface area contributed by atoms with E-state index < -0.39 is 0 Å². The number of H-pyrrole nitrogens is 1. The highest BCUT2D eigenvalue weighted by Crippen LogP contribution is 2.19. The van der Waals surface area contributed by atoms with Crippen LogP contribution in [0, 0.1) is 0 Å². The van der Waals surface area contributed by atoms with E-state index in [1.165, 1.54) is 6.33 Å². The Morgan fingerprint density at radius 2 is 2.25 bits per heavy atom. The summed E-state index contributed by atoms with van der Waals surface area (Å²) >= 11 is 0. The van der Waals surface area contributed by atoms with Gasteiger partial charge in [0.15, 0.2) is 0 Å². The van der Waals surface area contributed by atoms with E-state index in [2.05, 4.69) is 39.4 Å². The van der Waals surface area contributed by atoms with Crippen molar-refractivity contribution in [3.05, 3.63) is 42.1 Å². The molecule has 1 saturated heterocycles. The first-order chi connectivity index (χ1) is 11.6. The van der Waals surface area contributed by atoms with Crippen LogP contribution in [0.3, 0.4) is 0 Å². The Kier molecular flexibility index (Phi) is 5.10. The number of ether oxygens (including phenoxy) is 1. The molecular formula is C17H23N5O2. The van der Waals surface area contributed by atoms with Crippen LogP contribution in [0.15, 0.2) is 30.9 Å². The van der Waals surface area contributed by atoms with Gasteiger partial charge in [-0.15, -0.1) is 0 Å². The first kappa shape index (κ1) is 16.4. The minimum atomic E-state index is -0.0543. The lowest BCUT2D eigenvalue weighted by Crippen LogP contribution is -2.52. The van der Waals surface area contributed by atoms with Gasteiger partial charge in [-0.3, -0.25) is 4.79 Å². The molecule has 0 unspecified atom stereocenters. The smallest absolute Gasteiger partial charge is 0.253 e. The number of hydrogen-bond donors (Lipinski definition) is 3. The zero-order valence-electron chi connectivity index (χ0n) is 14.0. The number of aromatic amines is 1. The van der Waals surface area contributed by atoms with Crippen LogP contribution in [0.4, 0.5) is 5.82 Å². The Hall–Kier alpha value is -2.41. The first-order valence-corrected chi connectivity index (χ1v) is 8.23. The Labute approximate surface area is 141 Å².